The molecule has 0 spiro atoms. The highest BCUT2D eigenvalue weighted by Crippen LogP contribution is 2.20. The van der Waals surface area contributed by atoms with Crippen molar-refractivity contribution < 1.29 is 0 Å². The minimum Gasteiger partial charge on any atom is -0.106 e. The predicted molar refractivity (Wildman–Crippen MR) is 194 cm³/mol. The van der Waals surface area contributed by atoms with Crippen molar-refractivity contribution in [2.75, 3.05) is 0 Å². The van der Waals surface area contributed by atoms with Gasteiger partial charge in [0.25, 0.3) is 0 Å². The molecule has 0 aromatic heterocycles. The fourth-order valence-electron chi connectivity index (χ4n) is 4.11. The van der Waals surface area contributed by atoms with Crippen LogP contribution < -0.4 is 0 Å². The zero-order valence-electron chi connectivity index (χ0n) is 29.1. The van der Waals surface area contributed by atoms with Crippen LogP contribution in [-0.4, -0.2) is 0 Å². The van der Waals surface area contributed by atoms with Crippen molar-refractivity contribution in [2.45, 2.75) is 133 Å². The molecular formula is C41H70. The van der Waals surface area contributed by atoms with Crippen LogP contribution >= 0.6 is 0 Å². The van der Waals surface area contributed by atoms with E-state index in [1.165, 1.54) is 86.5 Å². The summed E-state index contributed by atoms with van der Waals surface area (Å²) >= 11 is 0. The van der Waals surface area contributed by atoms with Gasteiger partial charge in [-0.3, -0.25) is 0 Å². The van der Waals surface area contributed by atoms with Crippen molar-refractivity contribution in [3.8, 4) is 0 Å². The quantitative estimate of drug-likeness (QED) is 0.159. The summed E-state index contributed by atoms with van der Waals surface area (Å²) in [6.45, 7) is 33.9. The van der Waals surface area contributed by atoms with Gasteiger partial charge in [-0.1, -0.05) is 168 Å². The van der Waals surface area contributed by atoms with E-state index < -0.39 is 0 Å². The first-order valence-corrected chi connectivity index (χ1v) is 16.6. The van der Waals surface area contributed by atoms with E-state index >= 15 is 0 Å². The second-order valence-corrected chi connectivity index (χ2v) is 11.4. The molecule has 0 aliphatic heterocycles. The Hall–Kier alpha value is -2.34. The molecule has 0 fully saturated rings. The van der Waals surface area contributed by atoms with E-state index in [0.717, 1.165) is 18.3 Å². The SMILES string of the molecule is C=C.C=C(CC)c1ccccc1.C=CC(C)C(C)CC(C)C.CCCCCC.CCCCc1ccc(CCC)cc1. The molecule has 0 saturated heterocycles. The van der Waals surface area contributed by atoms with Gasteiger partial charge >= 0.3 is 0 Å². The van der Waals surface area contributed by atoms with Gasteiger partial charge in [0, 0.05) is 0 Å². The molecule has 2 rings (SSSR count). The molecule has 2 aromatic carbocycles. The van der Waals surface area contributed by atoms with E-state index in [9.17, 15) is 0 Å². The fourth-order valence-corrected chi connectivity index (χ4v) is 4.11. The van der Waals surface area contributed by atoms with Crippen LogP contribution in [0.15, 0.2) is 87.0 Å². The highest BCUT2D eigenvalue weighted by atomic mass is 14.1. The van der Waals surface area contributed by atoms with Crippen LogP contribution in [0.3, 0.4) is 0 Å². The summed E-state index contributed by atoms with van der Waals surface area (Å²) in [7, 11) is 0. The number of rotatable bonds is 14. The Balaban J connectivity index is -0.000000473. The summed E-state index contributed by atoms with van der Waals surface area (Å²) in [4.78, 5) is 0. The molecule has 41 heavy (non-hydrogen) atoms. The van der Waals surface area contributed by atoms with E-state index in [2.05, 4.69) is 125 Å². The van der Waals surface area contributed by atoms with Gasteiger partial charge in [0.05, 0.1) is 0 Å². The van der Waals surface area contributed by atoms with Crippen molar-refractivity contribution in [1.29, 1.82) is 0 Å². The second-order valence-electron chi connectivity index (χ2n) is 11.4. The standard InChI is InChI=1S/C13H20.C10H12.C10H20.C6H14.C2H4/c1-3-5-7-13-10-8-12(6-4-2)9-11-13;1-3-9(2)10-7-5-4-6-8-10;1-6-9(4)10(5)7-8(2)3;1-3-5-6-4-2;1-2/h8-11H,3-7H2,1-2H3;4-8H,2-3H2,1H3;6,8-10H,1,7H2,2-5H3;3-6H2,1-2H3;1-2H2. The van der Waals surface area contributed by atoms with Gasteiger partial charge in [0.15, 0.2) is 0 Å². The normalized spacial score (nSPS) is 11.1. The van der Waals surface area contributed by atoms with Gasteiger partial charge in [-0.05, 0) is 72.1 Å². The summed E-state index contributed by atoms with van der Waals surface area (Å²) in [5.41, 5.74) is 5.43. The molecule has 0 bridgehead atoms. The van der Waals surface area contributed by atoms with Crippen LogP contribution in [0.1, 0.15) is 137 Å². The lowest BCUT2D eigenvalue weighted by molar-refractivity contribution is 0.370. The van der Waals surface area contributed by atoms with E-state index in [1.807, 2.05) is 24.3 Å². The Morgan fingerprint density at radius 1 is 0.659 bits per heavy atom. The van der Waals surface area contributed by atoms with Gasteiger partial charge in [0.2, 0.25) is 0 Å². The van der Waals surface area contributed by atoms with Crippen LogP contribution in [0.2, 0.25) is 0 Å². The zero-order chi connectivity index (χ0) is 31.9. The molecule has 234 valence electrons. The van der Waals surface area contributed by atoms with Gasteiger partial charge in [-0.2, -0.15) is 0 Å². The third kappa shape index (κ3) is 27.6. The molecule has 0 aliphatic carbocycles. The summed E-state index contributed by atoms with van der Waals surface area (Å²) in [5, 5.41) is 0. The summed E-state index contributed by atoms with van der Waals surface area (Å²) in [6.07, 6.45) is 16.2. The van der Waals surface area contributed by atoms with Crippen LogP contribution in [0.5, 0.6) is 0 Å². The number of aryl methyl sites for hydroxylation is 2. The molecule has 0 amide bonds. The summed E-state index contributed by atoms with van der Waals surface area (Å²) in [6, 6.07) is 19.4. The van der Waals surface area contributed by atoms with Crippen LogP contribution in [0.4, 0.5) is 0 Å². The monoisotopic (exact) mass is 563 g/mol. The Kier molecular flexibility index (Phi) is 33.8. The Morgan fingerprint density at radius 3 is 1.49 bits per heavy atom. The molecule has 2 atom stereocenters. The number of allylic oxidation sites excluding steroid dienone is 2. The zero-order valence-corrected chi connectivity index (χ0v) is 29.1. The minimum absolute atomic E-state index is 0.669. The maximum Gasteiger partial charge on any atom is -0.0231 e. The average molecular weight is 563 g/mol. The molecule has 0 heteroatoms. The molecule has 2 aromatic rings. The lowest BCUT2D eigenvalue weighted by atomic mass is 9.88. The smallest absolute Gasteiger partial charge is 0.0231 e. The lowest BCUT2D eigenvalue weighted by Gasteiger charge is -2.17. The maximum atomic E-state index is 3.94. The van der Waals surface area contributed by atoms with Crippen molar-refractivity contribution in [2.24, 2.45) is 17.8 Å². The summed E-state index contributed by atoms with van der Waals surface area (Å²) < 4.78 is 0. The first-order valence-electron chi connectivity index (χ1n) is 16.6. The topological polar surface area (TPSA) is 0 Å². The van der Waals surface area contributed by atoms with Crippen molar-refractivity contribution in [1.82, 2.24) is 0 Å². The minimum atomic E-state index is 0.669. The first kappa shape index (κ1) is 43.1. The Bertz CT molecular complexity index is 792. The lowest BCUT2D eigenvalue weighted by Crippen LogP contribution is -2.07. The molecule has 0 N–H and O–H groups in total. The highest BCUT2D eigenvalue weighted by molar-refractivity contribution is 5.62. The third-order valence-electron chi connectivity index (χ3n) is 7.06. The average Bonchev–Trinajstić information content (AvgIpc) is 3.01. The number of unbranched alkanes of at least 4 members (excludes halogenated alkanes) is 4. The first-order chi connectivity index (χ1) is 19.7. The van der Waals surface area contributed by atoms with Crippen LogP contribution in [0.25, 0.3) is 5.57 Å². The largest absolute Gasteiger partial charge is 0.106 e. The molecular weight excluding hydrogens is 492 g/mol. The molecule has 0 heterocycles. The predicted octanol–water partition coefficient (Wildman–Crippen LogP) is 14.0. The number of hydrogen-bond acceptors (Lipinski definition) is 0. The van der Waals surface area contributed by atoms with E-state index in [4.69, 9.17) is 0 Å². The number of hydrogen-bond donors (Lipinski definition) is 0. The van der Waals surface area contributed by atoms with Gasteiger partial charge in [-0.25, -0.2) is 0 Å². The van der Waals surface area contributed by atoms with E-state index in [0.29, 0.717) is 5.92 Å². The molecule has 0 nitrogen and oxygen atoms in total. The molecule has 0 saturated carbocycles. The highest BCUT2D eigenvalue weighted by Gasteiger charge is 2.09. The maximum absolute atomic E-state index is 3.94. The van der Waals surface area contributed by atoms with Gasteiger partial charge in [0.1, 0.15) is 0 Å². The van der Waals surface area contributed by atoms with Crippen LogP contribution in [0, 0.1) is 17.8 Å². The third-order valence-corrected chi connectivity index (χ3v) is 7.06. The fraction of sp³-hybridized carbons (Fsp3) is 0.561. The molecule has 0 aliphatic rings. The van der Waals surface area contributed by atoms with Gasteiger partial charge in [-0.15, -0.1) is 19.7 Å². The molecule has 0 radical (unpaired) electrons. The number of benzene rings is 2. The van der Waals surface area contributed by atoms with Crippen LogP contribution in [-0.2, 0) is 12.8 Å². The van der Waals surface area contributed by atoms with Crippen molar-refractivity contribution in [3.05, 3.63) is 104 Å². The van der Waals surface area contributed by atoms with E-state index in [1.54, 1.807) is 0 Å². The summed E-state index contributed by atoms with van der Waals surface area (Å²) in [5.74, 6) is 2.28. The van der Waals surface area contributed by atoms with E-state index in [-0.39, 0.29) is 0 Å². The van der Waals surface area contributed by atoms with Crippen molar-refractivity contribution >= 4 is 5.57 Å². The Labute approximate surface area is 259 Å². The van der Waals surface area contributed by atoms with Gasteiger partial charge < -0.3 is 0 Å². The Morgan fingerprint density at radius 2 is 1.12 bits per heavy atom. The van der Waals surface area contributed by atoms with Crippen molar-refractivity contribution in [3.63, 3.8) is 0 Å². The second kappa shape index (κ2) is 32.2. The molecule has 2 unspecified atom stereocenters.